The number of carbonyl (C=O) groups is 1. The number of hydrogen-bond acceptors (Lipinski definition) is 3. The lowest BCUT2D eigenvalue weighted by Gasteiger charge is -2.37. The molecule has 2 aliphatic carbocycles. The lowest BCUT2D eigenvalue weighted by atomic mass is 9.69. The monoisotopic (exact) mass is 375 g/mol. The lowest BCUT2D eigenvalue weighted by Crippen LogP contribution is -2.30. The van der Waals surface area contributed by atoms with Gasteiger partial charge in [0.1, 0.15) is 29.0 Å². The topological polar surface area (TPSA) is 50.1 Å². The van der Waals surface area contributed by atoms with Crippen molar-refractivity contribution in [2.75, 3.05) is 0 Å². The fourth-order valence-corrected chi connectivity index (χ4v) is 4.81. The highest BCUT2D eigenvalue weighted by Crippen LogP contribution is 2.42. The van der Waals surface area contributed by atoms with Crippen molar-refractivity contribution in [1.82, 2.24) is 0 Å². The van der Waals surface area contributed by atoms with Gasteiger partial charge in [-0.2, -0.15) is 5.26 Å². The molecule has 0 atom stereocenters. The Hall–Kier alpha value is -1.96. The van der Waals surface area contributed by atoms with E-state index < -0.39 is 23.2 Å². The summed E-state index contributed by atoms with van der Waals surface area (Å²) < 4.78 is 32.5. The molecule has 0 heterocycles. The van der Waals surface area contributed by atoms with Gasteiger partial charge in [-0.15, -0.1) is 0 Å². The van der Waals surface area contributed by atoms with Crippen molar-refractivity contribution in [3.63, 3.8) is 0 Å². The minimum Gasteiger partial charge on any atom is -0.426 e. The van der Waals surface area contributed by atoms with Crippen LogP contribution in [0.5, 0.6) is 5.75 Å². The minimum atomic E-state index is -1.01. The van der Waals surface area contributed by atoms with Crippen molar-refractivity contribution in [2.45, 2.75) is 64.7 Å². The molecule has 0 N–H and O–H groups in total. The summed E-state index contributed by atoms with van der Waals surface area (Å²) in [5.74, 6) is -0.460. The summed E-state index contributed by atoms with van der Waals surface area (Å²) in [5.41, 5.74) is -0.659. The Balaban J connectivity index is 1.51. The van der Waals surface area contributed by atoms with Gasteiger partial charge in [-0.25, -0.2) is 8.78 Å². The maximum absolute atomic E-state index is 13.7. The van der Waals surface area contributed by atoms with Gasteiger partial charge in [-0.05, 0) is 56.3 Å². The normalized spacial score (nSPS) is 28.4. The van der Waals surface area contributed by atoms with E-state index >= 15 is 0 Å². The van der Waals surface area contributed by atoms with Gasteiger partial charge in [-0.3, -0.25) is 4.79 Å². The summed E-state index contributed by atoms with van der Waals surface area (Å²) in [6.45, 7) is 2.27. The Kier molecular flexibility index (Phi) is 6.46. The molecule has 2 saturated carbocycles. The molecule has 1 aromatic carbocycles. The average molecular weight is 375 g/mol. The Labute approximate surface area is 159 Å². The molecule has 0 radical (unpaired) electrons. The number of ether oxygens (including phenoxy) is 1. The fraction of sp³-hybridized carbons (Fsp3) is 0.636. The summed E-state index contributed by atoms with van der Waals surface area (Å²) >= 11 is 0. The second-order valence-corrected chi connectivity index (χ2v) is 8.10. The number of hydrogen-bond donors (Lipinski definition) is 0. The van der Waals surface area contributed by atoms with Gasteiger partial charge < -0.3 is 4.74 Å². The summed E-state index contributed by atoms with van der Waals surface area (Å²) in [4.78, 5) is 12.4. The molecule has 0 spiro atoms. The van der Waals surface area contributed by atoms with Gasteiger partial charge in [0.15, 0.2) is 0 Å². The van der Waals surface area contributed by atoms with Gasteiger partial charge in [0.2, 0.25) is 0 Å². The summed E-state index contributed by atoms with van der Waals surface area (Å²) in [7, 11) is 0. The number of halogens is 2. The lowest BCUT2D eigenvalue weighted by molar-refractivity contribution is -0.140. The first-order valence-electron chi connectivity index (χ1n) is 10.1. The molecular formula is C22H27F2NO2. The van der Waals surface area contributed by atoms with E-state index in [-0.39, 0.29) is 11.7 Å². The van der Waals surface area contributed by atoms with E-state index in [1.807, 2.05) is 0 Å². The van der Waals surface area contributed by atoms with Crippen LogP contribution in [0.4, 0.5) is 8.78 Å². The van der Waals surface area contributed by atoms with Crippen molar-refractivity contribution < 1.29 is 18.3 Å². The number of nitrogens with zero attached hydrogens (tertiary/aromatic N) is 1. The van der Waals surface area contributed by atoms with Crippen molar-refractivity contribution in [1.29, 1.82) is 5.26 Å². The zero-order chi connectivity index (χ0) is 19.4. The van der Waals surface area contributed by atoms with Crippen LogP contribution in [0.25, 0.3) is 0 Å². The molecule has 146 valence electrons. The van der Waals surface area contributed by atoms with E-state index in [2.05, 4.69) is 6.92 Å². The molecule has 0 unspecified atom stereocenters. The zero-order valence-corrected chi connectivity index (χ0v) is 15.8. The number of esters is 1. The second-order valence-electron chi connectivity index (χ2n) is 8.10. The van der Waals surface area contributed by atoms with Crippen LogP contribution >= 0.6 is 0 Å². The van der Waals surface area contributed by atoms with E-state index in [0.717, 1.165) is 49.7 Å². The zero-order valence-electron chi connectivity index (χ0n) is 15.8. The quantitative estimate of drug-likeness (QED) is 0.496. The van der Waals surface area contributed by atoms with Gasteiger partial charge in [-0.1, -0.05) is 26.2 Å². The molecular weight excluding hydrogens is 348 g/mol. The van der Waals surface area contributed by atoms with Gasteiger partial charge in [0, 0.05) is 12.1 Å². The molecule has 0 saturated heterocycles. The summed E-state index contributed by atoms with van der Waals surface area (Å²) in [6, 6.07) is 3.26. The molecule has 0 aromatic heterocycles. The molecule has 0 aliphatic heterocycles. The summed E-state index contributed by atoms with van der Waals surface area (Å²) in [5, 5.41) is 8.70. The Morgan fingerprint density at radius 1 is 1.04 bits per heavy atom. The standard InChI is InChI=1S/C22H27F2NO2/c1-2-14-3-5-15(6-4-14)16-7-9-17(10-8-16)22(26)27-18-11-20(23)19(13-25)21(24)12-18/h11-12,14-17H,2-10H2,1H3. The van der Waals surface area contributed by atoms with Gasteiger partial charge >= 0.3 is 5.97 Å². The van der Waals surface area contributed by atoms with Crippen LogP contribution in [-0.2, 0) is 4.79 Å². The highest BCUT2D eigenvalue weighted by molar-refractivity contribution is 5.75. The third-order valence-electron chi connectivity index (χ3n) is 6.59. The van der Waals surface area contributed by atoms with Crippen LogP contribution in [0.1, 0.15) is 70.3 Å². The molecule has 0 bridgehead atoms. The predicted octanol–water partition coefficient (Wildman–Crippen LogP) is 5.76. The Morgan fingerprint density at radius 3 is 2.04 bits per heavy atom. The molecule has 3 nitrogen and oxygen atoms in total. The van der Waals surface area contributed by atoms with Crippen LogP contribution < -0.4 is 4.74 Å². The van der Waals surface area contributed by atoms with E-state index in [4.69, 9.17) is 10.00 Å². The van der Waals surface area contributed by atoms with Gasteiger partial charge in [0.25, 0.3) is 0 Å². The second kappa shape index (κ2) is 8.82. The van der Waals surface area contributed by atoms with Crippen LogP contribution in [-0.4, -0.2) is 5.97 Å². The van der Waals surface area contributed by atoms with Crippen molar-refractivity contribution in [2.24, 2.45) is 23.7 Å². The smallest absolute Gasteiger partial charge is 0.314 e. The maximum Gasteiger partial charge on any atom is 0.314 e. The summed E-state index contributed by atoms with van der Waals surface area (Å²) in [6.07, 6.45) is 10.2. The third-order valence-corrected chi connectivity index (χ3v) is 6.59. The third kappa shape index (κ3) is 4.66. The van der Waals surface area contributed by atoms with Crippen LogP contribution in [0.2, 0.25) is 0 Å². The van der Waals surface area contributed by atoms with Crippen LogP contribution in [0, 0.1) is 46.6 Å². The number of benzene rings is 1. The molecule has 1 aromatic rings. The highest BCUT2D eigenvalue weighted by atomic mass is 19.1. The molecule has 3 rings (SSSR count). The van der Waals surface area contributed by atoms with Crippen molar-refractivity contribution in [3.05, 3.63) is 29.3 Å². The largest absolute Gasteiger partial charge is 0.426 e. The van der Waals surface area contributed by atoms with Crippen molar-refractivity contribution >= 4 is 5.97 Å². The van der Waals surface area contributed by atoms with E-state index in [0.29, 0.717) is 5.92 Å². The number of rotatable bonds is 4. The van der Waals surface area contributed by atoms with Crippen LogP contribution in [0.3, 0.4) is 0 Å². The van der Waals surface area contributed by atoms with Crippen molar-refractivity contribution in [3.8, 4) is 11.8 Å². The average Bonchev–Trinajstić information content (AvgIpc) is 2.68. The van der Waals surface area contributed by atoms with E-state index in [1.165, 1.54) is 38.2 Å². The molecule has 2 aliphatic rings. The molecule has 0 amide bonds. The highest BCUT2D eigenvalue weighted by Gasteiger charge is 2.33. The SMILES string of the molecule is CCC1CCC(C2CCC(C(=O)Oc3cc(F)c(C#N)c(F)c3)CC2)CC1. The number of carbonyl (C=O) groups excluding carboxylic acids is 1. The van der Waals surface area contributed by atoms with E-state index in [9.17, 15) is 13.6 Å². The molecule has 5 heteroatoms. The fourth-order valence-electron chi connectivity index (χ4n) is 4.81. The number of nitriles is 1. The van der Waals surface area contributed by atoms with Gasteiger partial charge in [0.05, 0.1) is 5.92 Å². The first kappa shape index (κ1) is 19.8. The maximum atomic E-state index is 13.7. The molecule has 2 fully saturated rings. The first-order chi connectivity index (χ1) is 13.0. The van der Waals surface area contributed by atoms with Crippen LogP contribution in [0.15, 0.2) is 12.1 Å². The minimum absolute atomic E-state index is 0.172. The van der Waals surface area contributed by atoms with E-state index in [1.54, 1.807) is 0 Å². The Bertz CT molecular complexity index is 689. The Morgan fingerprint density at radius 2 is 1.56 bits per heavy atom. The predicted molar refractivity (Wildman–Crippen MR) is 97.9 cm³/mol. The molecule has 27 heavy (non-hydrogen) atoms. The first-order valence-corrected chi connectivity index (χ1v) is 10.1.